The molecule has 2 N–H and O–H groups in total. The van der Waals surface area contributed by atoms with Crippen LogP contribution in [0.5, 0.6) is 0 Å². The minimum atomic E-state index is -0.190. The molecule has 152 valence electrons. The Morgan fingerprint density at radius 2 is 1.83 bits per heavy atom. The summed E-state index contributed by atoms with van der Waals surface area (Å²) in [5, 5.41) is 14.8. The van der Waals surface area contributed by atoms with Crippen LogP contribution in [0.2, 0.25) is 0 Å². The molecule has 1 saturated heterocycles. The summed E-state index contributed by atoms with van der Waals surface area (Å²) in [5.41, 5.74) is 5.98. The zero-order chi connectivity index (χ0) is 20.4. The lowest BCUT2D eigenvalue weighted by molar-refractivity contribution is 0.102. The molecular weight excluding hydrogens is 364 g/mol. The van der Waals surface area contributed by atoms with E-state index in [2.05, 4.69) is 31.6 Å². The van der Waals surface area contributed by atoms with E-state index in [4.69, 9.17) is 0 Å². The molecule has 0 atom stereocenters. The van der Waals surface area contributed by atoms with Crippen molar-refractivity contribution < 1.29 is 4.79 Å². The zero-order valence-corrected chi connectivity index (χ0v) is 17.3. The Hall–Kier alpha value is -3.09. The number of hydrogen-bond acceptors (Lipinski definition) is 4. The Morgan fingerprint density at radius 1 is 1.10 bits per heavy atom. The summed E-state index contributed by atoms with van der Waals surface area (Å²) in [4.78, 5) is 15.3. The van der Waals surface area contributed by atoms with Gasteiger partial charge in [0.25, 0.3) is 5.91 Å². The average molecular weight is 393 g/mol. The van der Waals surface area contributed by atoms with Crippen molar-refractivity contribution in [2.45, 2.75) is 39.5 Å². The van der Waals surface area contributed by atoms with Crippen molar-refractivity contribution >= 4 is 17.3 Å². The fourth-order valence-corrected chi connectivity index (χ4v) is 4.07. The maximum absolute atomic E-state index is 12.9. The van der Waals surface area contributed by atoms with E-state index in [0.29, 0.717) is 5.69 Å². The van der Waals surface area contributed by atoms with E-state index >= 15 is 0 Å². The van der Waals surface area contributed by atoms with Crippen LogP contribution in [0.3, 0.4) is 0 Å². The topological polar surface area (TPSA) is 78.8 Å². The Bertz CT molecular complexity index is 1010. The zero-order valence-electron chi connectivity index (χ0n) is 17.3. The molecule has 0 spiro atoms. The maximum atomic E-state index is 12.9. The SMILES string of the molecule is Cc1nn(C)c(C)c1-c1cc(C(=O)Nc2ccccc2N2CCCCCC2)[nH]n1. The van der Waals surface area contributed by atoms with Gasteiger partial charge < -0.3 is 10.2 Å². The van der Waals surface area contributed by atoms with Crippen LogP contribution in [-0.4, -0.2) is 39.0 Å². The highest BCUT2D eigenvalue weighted by Gasteiger charge is 2.19. The van der Waals surface area contributed by atoms with Crippen molar-refractivity contribution in [3.8, 4) is 11.3 Å². The molecule has 4 rings (SSSR count). The maximum Gasteiger partial charge on any atom is 0.273 e. The summed E-state index contributed by atoms with van der Waals surface area (Å²) < 4.78 is 1.83. The van der Waals surface area contributed by atoms with Crippen LogP contribution >= 0.6 is 0 Å². The third-order valence-electron chi connectivity index (χ3n) is 5.69. The molecule has 7 heteroatoms. The summed E-state index contributed by atoms with van der Waals surface area (Å²) in [5.74, 6) is -0.190. The van der Waals surface area contributed by atoms with Crippen molar-refractivity contribution in [3.05, 3.63) is 47.4 Å². The third kappa shape index (κ3) is 3.90. The molecule has 0 saturated carbocycles. The lowest BCUT2D eigenvalue weighted by Gasteiger charge is -2.25. The van der Waals surface area contributed by atoms with Crippen LogP contribution in [0.15, 0.2) is 30.3 Å². The number of H-pyrrole nitrogens is 1. The Balaban J connectivity index is 1.56. The highest BCUT2D eigenvalue weighted by molar-refractivity contribution is 6.05. The molecule has 2 aromatic heterocycles. The van der Waals surface area contributed by atoms with Crippen molar-refractivity contribution in [2.75, 3.05) is 23.3 Å². The van der Waals surface area contributed by atoms with Crippen LogP contribution < -0.4 is 10.2 Å². The number of benzene rings is 1. The van der Waals surface area contributed by atoms with Crippen LogP contribution in [0, 0.1) is 13.8 Å². The number of aryl methyl sites for hydroxylation is 2. The predicted octanol–water partition coefficient (Wildman–Crippen LogP) is 4.06. The standard InChI is InChI=1S/C22H28N6O/c1-15-21(16(2)27(3)26-15)18-14-19(25-24-18)22(29)23-17-10-6-7-11-20(17)28-12-8-4-5-9-13-28/h6-7,10-11,14H,4-5,8-9,12-13H2,1-3H3,(H,23,29)(H,24,25). The fraction of sp³-hybridized carbons (Fsp3) is 0.409. The number of rotatable bonds is 4. The van der Waals surface area contributed by atoms with Gasteiger partial charge in [0.05, 0.1) is 22.8 Å². The summed E-state index contributed by atoms with van der Waals surface area (Å²) in [6.07, 6.45) is 4.93. The van der Waals surface area contributed by atoms with E-state index in [0.717, 1.165) is 47.1 Å². The molecule has 1 aliphatic rings. The number of hydrogen-bond donors (Lipinski definition) is 2. The van der Waals surface area contributed by atoms with Gasteiger partial charge >= 0.3 is 0 Å². The second kappa shape index (κ2) is 8.11. The van der Waals surface area contributed by atoms with Crippen LogP contribution in [0.25, 0.3) is 11.3 Å². The van der Waals surface area contributed by atoms with Gasteiger partial charge in [-0.1, -0.05) is 25.0 Å². The lowest BCUT2D eigenvalue weighted by Crippen LogP contribution is -2.25. The number of aromatic nitrogens is 4. The Labute approximate surface area is 171 Å². The minimum Gasteiger partial charge on any atom is -0.370 e. The number of carbonyl (C=O) groups excluding carboxylic acids is 1. The monoisotopic (exact) mass is 392 g/mol. The molecule has 3 heterocycles. The largest absolute Gasteiger partial charge is 0.370 e. The van der Waals surface area contributed by atoms with Gasteiger partial charge in [0.15, 0.2) is 0 Å². The van der Waals surface area contributed by atoms with Crippen LogP contribution in [-0.2, 0) is 7.05 Å². The number of carbonyl (C=O) groups is 1. The smallest absolute Gasteiger partial charge is 0.273 e. The molecule has 1 aromatic carbocycles. The van der Waals surface area contributed by atoms with Gasteiger partial charge in [-0.2, -0.15) is 10.2 Å². The number of anilines is 2. The molecular formula is C22H28N6O. The minimum absolute atomic E-state index is 0.190. The normalized spacial score (nSPS) is 14.7. The molecule has 7 nitrogen and oxygen atoms in total. The van der Waals surface area contributed by atoms with Gasteiger partial charge in [-0.3, -0.25) is 14.6 Å². The molecule has 29 heavy (non-hydrogen) atoms. The van der Waals surface area contributed by atoms with Crippen LogP contribution in [0.1, 0.15) is 47.6 Å². The second-order valence-electron chi connectivity index (χ2n) is 7.71. The van der Waals surface area contributed by atoms with Crippen molar-refractivity contribution in [1.82, 2.24) is 20.0 Å². The number of nitrogens with zero attached hydrogens (tertiary/aromatic N) is 4. The van der Waals surface area contributed by atoms with E-state index in [1.807, 2.05) is 43.8 Å². The average Bonchev–Trinajstić information content (AvgIpc) is 3.15. The predicted molar refractivity (Wildman–Crippen MR) is 115 cm³/mol. The summed E-state index contributed by atoms with van der Waals surface area (Å²) in [7, 11) is 1.91. The van der Waals surface area contributed by atoms with E-state index in [1.165, 1.54) is 25.7 Å². The lowest BCUT2D eigenvalue weighted by atomic mass is 10.1. The molecule has 3 aromatic rings. The van der Waals surface area contributed by atoms with E-state index < -0.39 is 0 Å². The Morgan fingerprint density at radius 3 is 2.52 bits per heavy atom. The molecule has 0 aliphatic carbocycles. The van der Waals surface area contributed by atoms with Crippen molar-refractivity contribution in [1.29, 1.82) is 0 Å². The summed E-state index contributed by atoms with van der Waals surface area (Å²) >= 11 is 0. The fourth-order valence-electron chi connectivity index (χ4n) is 4.07. The van der Waals surface area contributed by atoms with E-state index in [1.54, 1.807) is 6.07 Å². The van der Waals surface area contributed by atoms with Crippen molar-refractivity contribution in [2.24, 2.45) is 7.05 Å². The molecule has 1 fully saturated rings. The highest BCUT2D eigenvalue weighted by atomic mass is 16.1. The quantitative estimate of drug-likeness (QED) is 0.702. The number of amides is 1. The Kier molecular flexibility index (Phi) is 5.38. The highest BCUT2D eigenvalue weighted by Crippen LogP contribution is 2.29. The van der Waals surface area contributed by atoms with Gasteiger partial charge in [-0.05, 0) is 44.9 Å². The number of para-hydroxylation sites is 2. The molecule has 0 bridgehead atoms. The molecule has 0 radical (unpaired) electrons. The van der Waals surface area contributed by atoms with Gasteiger partial charge in [0, 0.05) is 31.4 Å². The van der Waals surface area contributed by atoms with Gasteiger partial charge in [-0.15, -0.1) is 0 Å². The first kappa shape index (κ1) is 19.2. The molecule has 0 unspecified atom stereocenters. The van der Waals surface area contributed by atoms with E-state index in [-0.39, 0.29) is 5.91 Å². The number of aromatic amines is 1. The number of nitrogens with one attached hydrogen (secondary N) is 2. The summed E-state index contributed by atoms with van der Waals surface area (Å²) in [6, 6.07) is 9.82. The second-order valence-corrected chi connectivity index (χ2v) is 7.71. The van der Waals surface area contributed by atoms with Crippen LogP contribution in [0.4, 0.5) is 11.4 Å². The molecule has 1 amide bonds. The summed E-state index contributed by atoms with van der Waals surface area (Å²) in [6.45, 7) is 6.01. The van der Waals surface area contributed by atoms with E-state index in [9.17, 15) is 4.79 Å². The van der Waals surface area contributed by atoms with Gasteiger partial charge in [0.1, 0.15) is 5.69 Å². The van der Waals surface area contributed by atoms with Gasteiger partial charge in [-0.25, -0.2) is 0 Å². The first-order valence-electron chi connectivity index (χ1n) is 10.3. The third-order valence-corrected chi connectivity index (χ3v) is 5.69. The van der Waals surface area contributed by atoms with Gasteiger partial charge in [0.2, 0.25) is 0 Å². The first-order chi connectivity index (χ1) is 14.0. The first-order valence-corrected chi connectivity index (χ1v) is 10.3. The molecule has 1 aliphatic heterocycles. The van der Waals surface area contributed by atoms with Crippen molar-refractivity contribution in [3.63, 3.8) is 0 Å².